The molecule has 1 aliphatic carbocycles. The molecule has 8 nitrogen and oxygen atoms in total. The minimum absolute atomic E-state index is 0.0651. The number of aliphatic imine (C=N–C) groups is 1. The van der Waals surface area contributed by atoms with E-state index in [4.69, 9.17) is 19.8 Å². The summed E-state index contributed by atoms with van der Waals surface area (Å²) in [5.74, 6) is -0.223. The number of hydrogen-bond donors (Lipinski definition) is 0. The molecule has 0 bridgehead atoms. The number of ketones is 2. The monoisotopic (exact) mass is 741 g/mol. The molecule has 6 aromatic rings. The molecule has 1 saturated heterocycles. The predicted octanol–water partition coefficient (Wildman–Crippen LogP) is 8.67. The molecule has 1 unspecified atom stereocenters. The molecule has 3 heterocycles. The summed E-state index contributed by atoms with van der Waals surface area (Å²) in [4.78, 5) is 39.8. The zero-order chi connectivity index (χ0) is 38.1. The number of nitrogens with zero attached hydrogens (tertiary/aromatic N) is 5. The van der Waals surface area contributed by atoms with Gasteiger partial charge < -0.3 is 9.64 Å². The molecule has 0 amide bonds. The molecular formula is C44H38F3N5O3. The minimum atomic E-state index is -4.54. The summed E-state index contributed by atoms with van der Waals surface area (Å²) in [7, 11) is 0. The van der Waals surface area contributed by atoms with Crippen LogP contribution in [0.15, 0.2) is 114 Å². The third-order valence-corrected chi connectivity index (χ3v) is 10.5. The van der Waals surface area contributed by atoms with Crippen molar-refractivity contribution in [3.63, 3.8) is 0 Å². The molecule has 11 heteroatoms. The van der Waals surface area contributed by atoms with Crippen LogP contribution < -0.4 is 4.90 Å². The van der Waals surface area contributed by atoms with Gasteiger partial charge in [0.05, 0.1) is 35.9 Å². The minimum Gasteiger partial charge on any atom is -0.378 e. The van der Waals surface area contributed by atoms with Crippen molar-refractivity contribution in [3.05, 3.63) is 160 Å². The van der Waals surface area contributed by atoms with Crippen molar-refractivity contribution in [2.24, 2.45) is 10.9 Å². The van der Waals surface area contributed by atoms with Crippen LogP contribution in [0.5, 0.6) is 0 Å². The van der Waals surface area contributed by atoms with Gasteiger partial charge in [0.15, 0.2) is 23.0 Å². The SMILES string of the molecule is Cc1c(Cc2c(CC3CCC(=O)c4ccccc4C3=O)nc3c(N=C(c4ccccc4)c4ccccc4)cc(N4CCOCC4)nn23)cccc1C(F)(F)F. The Kier molecular flexibility index (Phi) is 9.87. The highest BCUT2D eigenvalue weighted by Gasteiger charge is 2.34. The molecule has 0 radical (unpaired) electrons. The van der Waals surface area contributed by atoms with Gasteiger partial charge in [-0.25, -0.2) is 14.5 Å². The molecule has 1 aliphatic heterocycles. The maximum Gasteiger partial charge on any atom is 0.416 e. The number of ether oxygens (including phenoxy) is 1. The molecule has 0 saturated carbocycles. The Balaban J connectivity index is 1.35. The molecule has 1 fully saturated rings. The van der Waals surface area contributed by atoms with Gasteiger partial charge in [-0.05, 0) is 30.5 Å². The molecule has 0 N–H and O–H groups in total. The van der Waals surface area contributed by atoms with Crippen molar-refractivity contribution in [1.82, 2.24) is 14.6 Å². The molecule has 2 aromatic heterocycles. The number of morpholine rings is 1. The number of hydrogen-bond acceptors (Lipinski definition) is 7. The van der Waals surface area contributed by atoms with Crippen molar-refractivity contribution in [3.8, 4) is 0 Å². The summed E-state index contributed by atoms with van der Waals surface area (Å²) in [5.41, 5.74) is 5.12. The second-order valence-corrected chi connectivity index (χ2v) is 14.0. The van der Waals surface area contributed by atoms with E-state index in [-0.39, 0.29) is 36.4 Å². The first kappa shape index (κ1) is 36.1. The highest BCUT2D eigenvalue weighted by molar-refractivity contribution is 6.14. The van der Waals surface area contributed by atoms with Gasteiger partial charge in [-0.15, -0.1) is 5.10 Å². The first-order valence-electron chi connectivity index (χ1n) is 18.4. The van der Waals surface area contributed by atoms with E-state index in [9.17, 15) is 22.8 Å². The van der Waals surface area contributed by atoms with Gasteiger partial charge >= 0.3 is 6.18 Å². The highest BCUT2D eigenvalue weighted by atomic mass is 19.4. The highest BCUT2D eigenvalue weighted by Crippen LogP contribution is 2.36. The Morgan fingerprint density at radius 2 is 1.51 bits per heavy atom. The number of fused-ring (bicyclic) bond motifs is 2. The van der Waals surface area contributed by atoms with Gasteiger partial charge in [0.1, 0.15) is 5.69 Å². The first-order chi connectivity index (χ1) is 26.7. The van der Waals surface area contributed by atoms with Crippen LogP contribution in [-0.2, 0) is 23.8 Å². The Bertz CT molecular complexity index is 2380. The van der Waals surface area contributed by atoms with Crippen molar-refractivity contribution in [2.45, 2.75) is 38.8 Å². The Hall–Kier alpha value is -5.94. The van der Waals surface area contributed by atoms with E-state index in [0.29, 0.717) is 83.7 Å². The molecule has 55 heavy (non-hydrogen) atoms. The van der Waals surface area contributed by atoms with Gasteiger partial charge in [0.2, 0.25) is 0 Å². The van der Waals surface area contributed by atoms with Gasteiger partial charge in [0.25, 0.3) is 0 Å². The first-order valence-corrected chi connectivity index (χ1v) is 18.4. The fourth-order valence-electron chi connectivity index (χ4n) is 7.58. The largest absolute Gasteiger partial charge is 0.416 e. The fraction of sp³-hybridized carbons (Fsp3) is 0.250. The number of carbonyl (C=O) groups excluding carboxylic acids is 2. The predicted molar refractivity (Wildman–Crippen MR) is 205 cm³/mol. The number of aromatic nitrogens is 3. The number of rotatable bonds is 8. The van der Waals surface area contributed by atoms with Crippen molar-refractivity contribution in [2.75, 3.05) is 31.2 Å². The van der Waals surface area contributed by atoms with Crippen LogP contribution in [0.3, 0.4) is 0 Å². The van der Waals surface area contributed by atoms with Crippen LogP contribution in [0.25, 0.3) is 5.65 Å². The van der Waals surface area contributed by atoms with E-state index >= 15 is 0 Å². The molecule has 4 aromatic carbocycles. The number of imidazole rings is 1. The van der Waals surface area contributed by atoms with Crippen LogP contribution >= 0.6 is 0 Å². The summed E-state index contributed by atoms with van der Waals surface area (Å²) < 4.78 is 49.9. The normalized spacial score (nSPS) is 16.2. The quantitative estimate of drug-likeness (QED) is 0.115. The van der Waals surface area contributed by atoms with E-state index in [2.05, 4.69) is 4.90 Å². The standard InChI is InChI=1S/C44H38F3N5O3/c1-28-31(15-10-18-35(28)44(45,46)47)26-38-36(25-32-19-20-39(53)33-16-8-9-17-34(33)42(32)54)49-43-37(27-40(50-52(38)43)51-21-23-55-24-22-51)48-41(29-11-4-2-5-12-29)30-13-6-3-7-14-30/h2-18,27,32H,19-26H2,1H3. The lowest BCUT2D eigenvalue weighted by molar-refractivity contribution is -0.138. The Morgan fingerprint density at radius 1 is 0.855 bits per heavy atom. The number of carbonyl (C=O) groups is 2. The topological polar surface area (TPSA) is 89.2 Å². The van der Waals surface area contributed by atoms with E-state index in [1.165, 1.54) is 13.0 Å². The van der Waals surface area contributed by atoms with Crippen molar-refractivity contribution < 1.29 is 27.5 Å². The summed E-state index contributed by atoms with van der Waals surface area (Å²) in [6.45, 7) is 3.66. The third-order valence-electron chi connectivity index (χ3n) is 10.5. The molecule has 1 atom stereocenters. The number of halogens is 3. The summed E-state index contributed by atoms with van der Waals surface area (Å²) >= 11 is 0. The molecule has 278 valence electrons. The number of alkyl halides is 3. The lowest BCUT2D eigenvalue weighted by Gasteiger charge is -2.28. The Morgan fingerprint density at radius 3 is 2.18 bits per heavy atom. The van der Waals surface area contributed by atoms with Gasteiger partial charge in [0, 0.05) is 66.6 Å². The lowest BCUT2D eigenvalue weighted by Crippen LogP contribution is -2.37. The van der Waals surface area contributed by atoms with Gasteiger partial charge in [-0.3, -0.25) is 9.59 Å². The molecule has 8 rings (SSSR count). The summed E-state index contributed by atoms with van der Waals surface area (Å²) in [6.07, 6.45) is -3.81. The van der Waals surface area contributed by atoms with Crippen LogP contribution in [0, 0.1) is 12.8 Å². The van der Waals surface area contributed by atoms with Gasteiger partial charge in [-0.2, -0.15) is 13.2 Å². The molecular weight excluding hydrogens is 704 g/mol. The number of benzene rings is 4. The van der Waals surface area contributed by atoms with Crippen LogP contribution in [0.1, 0.15) is 72.8 Å². The fourth-order valence-corrected chi connectivity index (χ4v) is 7.58. The average molecular weight is 742 g/mol. The summed E-state index contributed by atoms with van der Waals surface area (Å²) in [6, 6.07) is 32.6. The van der Waals surface area contributed by atoms with Crippen molar-refractivity contribution in [1.29, 1.82) is 0 Å². The van der Waals surface area contributed by atoms with E-state index in [1.54, 1.807) is 34.8 Å². The zero-order valence-electron chi connectivity index (χ0n) is 30.2. The zero-order valence-corrected chi connectivity index (χ0v) is 30.2. The van der Waals surface area contributed by atoms with E-state index in [1.807, 2.05) is 66.7 Å². The van der Waals surface area contributed by atoms with E-state index in [0.717, 1.165) is 17.2 Å². The second kappa shape index (κ2) is 15.1. The maximum atomic E-state index is 14.2. The number of Topliss-reactive ketones (excluding diaryl/α,β-unsaturated/α-hetero) is 2. The van der Waals surface area contributed by atoms with Gasteiger partial charge in [-0.1, -0.05) is 97.1 Å². The van der Waals surface area contributed by atoms with E-state index < -0.39 is 17.7 Å². The maximum absolute atomic E-state index is 14.2. The number of anilines is 1. The van der Waals surface area contributed by atoms with Crippen LogP contribution in [0.2, 0.25) is 0 Å². The third kappa shape index (κ3) is 7.32. The van der Waals surface area contributed by atoms with Crippen LogP contribution in [0.4, 0.5) is 24.7 Å². The lowest BCUT2D eigenvalue weighted by atomic mass is 9.89. The summed E-state index contributed by atoms with van der Waals surface area (Å²) in [5, 5.41) is 5.10. The second-order valence-electron chi connectivity index (χ2n) is 14.0. The average Bonchev–Trinajstić information content (AvgIpc) is 3.49. The van der Waals surface area contributed by atoms with Crippen LogP contribution in [-0.4, -0.2) is 58.2 Å². The molecule has 0 spiro atoms. The van der Waals surface area contributed by atoms with Crippen molar-refractivity contribution >= 4 is 34.4 Å². The smallest absolute Gasteiger partial charge is 0.378 e. The molecule has 2 aliphatic rings. The Labute approximate surface area is 316 Å².